The molecular weight excluding hydrogens is 406 g/mol. The van der Waals surface area contributed by atoms with Crippen LogP contribution >= 0.6 is 0 Å². The molecule has 1 aromatic heterocycles. The van der Waals surface area contributed by atoms with E-state index in [1.165, 1.54) is 6.92 Å². The van der Waals surface area contributed by atoms with Gasteiger partial charge in [-0.05, 0) is 58.4 Å². The maximum absolute atomic E-state index is 13.2. The van der Waals surface area contributed by atoms with Crippen molar-refractivity contribution in [2.45, 2.75) is 52.2 Å². The minimum atomic E-state index is -1.92. The number of hydrogen-bond acceptors (Lipinski definition) is 4. The maximum Gasteiger partial charge on any atom is 0.342 e. The molecule has 0 aliphatic heterocycles. The van der Waals surface area contributed by atoms with Gasteiger partial charge in [0.2, 0.25) is 11.4 Å². The molecule has 0 unspecified atom stereocenters. The van der Waals surface area contributed by atoms with Crippen molar-refractivity contribution in [1.82, 2.24) is 10.3 Å². The number of para-hydroxylation sites is 1. The Hall–Kier alpha value is -3.61. The fraction of sp³-hybridized carbons (Fsp3) is 0.320. The summed E-state index contributed by atoms with van der Waals surface area (Å²) < 4.78 is 5.47. The van der Waals surface area contributed by atoms with Crippen LogP contribution in [0, 0.1) is 6.92 Å². The number of aromatic nitrogens is 1. The number of carbonyl (C=O) groups excluding carboxylic acids is 3. The van der Waals surface area contributed by atoms with Crippen LogP contribution in [0.4, 0.5) is 5.69 Å². The number of aryl methyl sites for hydroxylation is 1. The van der Waals surface area contributed by atoms with Gasteiger partial charge in [-0.25, -0.2) is 4.79 Å². The fourth-order valence-electron chi connectivity index (χ4n) is 3.25. The van der Waals surface area contributed by atoms with Crippen molar-refractivity contribution in [3.8, 4) is 0 Å². The molecule has 168 valence electrons. The molecule has 7 nitrogen and oxygen atoms in total. The van der Waals surface area contributed by atoms with Crippen LogP contribution in [0.2, 0.25) is 0 Å². The van der Waals surface area contributed by atoms with E-state index < -0.39 is 28.9 Å². The zero-order valence-corrected chi connectivity index (χ0v) is 19.0. The highest BCUT2D eigenvalue weighted by molar-refractivity contribution is 6.14. The van der Waals surface area contributed by atoms with E-state index in [2.05, 4.69) is 15.6 Å². The van der Waals surface area contributed by atoms with E-state index in [0.717, 1.165) is 22.0 Å². The molecule has 0 bridgehead atoms. The van der Waals surface area contributed by atoms with Crippen LogP contribution in [-0.2, 0) is 25.5 Å². The molecular formula is C25H29N3O4. The van der Waals surface area contributed by atoms with Crippen molar-refractivity contribution in [3.05, 3.63) is 65.9 Å². The average Bonchev–Trinajstić information content (AvgIpc) is 3.11. The number of benzene rings is 2. The SMILES string of the molecule is Cc1ccc(NC(=O)[C@](C)(NC(=O)Cc2c[nH]c3ccccc23)C(=O)OC(C)(C)C)cc1. The monoisotopic (exact) mass is 435 g/mol. The second kappa shape index (κ2) is 8.86. The number of amides is 2. The van der Waals surface area contributed by atoms with E-state index in [1.54, 1.807) is 39.1 Å². The molecule has 3 aromatic rings. The number of ether oxygens (including phenoxy) is 1. The van der Waals surface area contributed by atoms with Gasteiger partial charge in [0.25, 0.3) is 5.91 Å². The molecule has 1 atom stereocenters. The molecule has 0 fully saturated rings. The number of rotatable bonds is 6. The molecule has 32 heavy (non-hydrogen) atoms. The van der Waals surface area contributed by atoms with Gasteiger partial charge < -0.3 is 20.4 Å². The van der Waals surface area contributed by atoms with Crippen LogP contribution in [0.25, 0.3) is 10.9 Å². The van der Waals surface area contributed by atoms with Crippen molar-refractivity contribution in [2.24, 2.45) is 0 Å². The highest BCUT2D eigenvalue weighted by atomic mass is 16.6. The van der Waals surface area contributed by atoms with Crippen LogP contribution in [0.3, 0.4) is 0 Å². The lowest BCUT2D eigenvalue weighted by molar-refractivity contribution is -0.165. The lowest BCUT2D eigenvalue weighted by Gasteiger charge is -2.31. The van der Waals surface area contributed by atoms with E-state index in [-0.39, 0.29) is 6.42 Å². The second-order valence-corrected chi connectivity index (χ2v) is 9.03. The second-order valence-electron chi connectivity index (χ2n) is 9.03. The Balaban J connectivity index is 1.83. The van der Waals surface area contributed by atoms with Crippen LogP contribution in [-0.4, -0.2) is 33.9 Å². The molecule has 3 N–H and O–H groups in total. The van der Waals surface area contributed by atoms with Gasteiger partial charge in [0.05, 0.1) is 6.42 Å². The van der Waals surface area contributed by atoms with Gasteiger partial charge in [-0.15, -0.1) is 0 Å². The molecule has 3 rings (SSSR count). The van der Waals surface area contributed by atoms with E-state index in [9.17, 15) is 14.4 Å². The highest BCUT2D eigenvalue weighted by Gasteiger charge is 2.46. The first-order chi connectivity index (χ1) is 15.0. The number of esters is 1. The third-order valence-corrected chi connectivity index (χ3v) is 4.99. The molecule has 0 aliphatic carbocycles. The Morgan fingerprint density at radius 2 is 1.62 bits per heavy atom. The summed E-state index contributed by atoms with van der Waals surface area (Å²) in [7, 11) is 0. The summed E-state index contributed by atoms with van der Waals surface area (Å²) in [6.45, 7) is 8.41. The van der Waals surface area contributed by atoms with Crippen molar-refractivity contribution in [3.63, 3.8) is 0 Å². The van der Waals surface area contributed by atoms with Crippen molar-refractivity contribution >= 4 is 34.4 Å². The Bertz CT molecular complexity index is 1140. The standard InChI is InChI=1S/C25H29N3O4/c1-16-10-12-18(13-11-16)27-22(30)25(5,23(31)32-24(2,3)4)28-21(29)14-17-15-26-20-9-7-6-8-19(17)20/h6-13,15,26H,14H2,1-5H3,(H,27,30)(H,28,29)/t25-/m0/s1. The van der Waals surface area contributed by atoms with Crippen LogP contribution in [0.5, 0.6) is 0 Å². The summed E-state index contributed by atoms with van der Waals surface area (Å²) in [6, 6.07) is 14.8. The molecule has 2 amide bonds. The predicted octanol–water partition coefficient (Wildman–Crippen LogP) is 3.87. The minimum Gasteiger partial charge on any atom is -0.458 e. The van der Waals surface area contributed by atoms with Gasteiger partial charge in [-0.2, -0.15) is 0 Å². The largest absolute Gasteiger partial charge is 0.458 e. The van der Waals surface area contributed by atoms with Crippen LogP contribution in [0.15, 0.2) is 54.7 Å². The van der Waals surface area contributed by atoms with Crippen molar-refractivity contribution < 1.29 is 19.1 Å². The van der Waals surface area contributed by atoms with Gasteiger partial charge in [-0.1, -0.05) is 35.9 Å². The third-order valence-electron chi connectivity index (χ3n) is 4.99. The Labute approximate surface area is 187 Å². The quantitative estimate of drug-likeness (QED) is 0.404. The Morgan fingerprint density at radius 1 is 0.969 bits per heavy atom. The lowest BCUT2D eigenvalue weighted by atomic mass is 9.99. The molecule has 0 spiro atoms. The number of carbonyl (C=O) groups is 3. The lowest BCUT2D eigenvalue weighted by Crippen LogP contribution is -2.61. The predicted molar refractivity (Wildman–Crippen MR) is 124 cm³/mol. The fourth-order valence-corrected chi connectivity index (χ4v) is 3.25. The minimum absolute atomic E-state index is 0.000211. The van der Waals surface area contributed by atoms with Gasteiger partial charge in [-0.3, -0.25) is 9.59 Å². The van der Waals surface area contributed by atoms with Gasteiger partial charge in [0.1, 0.15) is 5.60 Å². The third kappa shape index (κ3) is 5.35. The first kappa shape index (κ1) is 23.1. The summed E-state index contributed by atoms with van der Waals surface area (Å²) in [5, 5.41) is 6.23. The maximum atomic E-state index is 13.2. The van der Waals surface area contributed by atoms with Crippen molar-refractivity contribution in [2.75, 3.05) is 5.32 Å². The van der Waals surface area contributed by atoms with Gasteiger partial charge in [0.15, 0.2) is 0 Å². The average molecular weight is 436 g/mol. The Kier molecular flexibility index (Phi) is 6.39. The van der Waals surface area contributed by atoms with E-state index in [0.29, 0.717) is 5.69 Å². The summed E-state index contributed by atoms with van der Waals surface area (Å²) in [4.78, 5) is 42.2. The molecule has 2 aromatic carbocycles. The van der Waals surface area contributed by atoms with Crippen LogP contribution in [0.1, 0.15) is 38.8 Å². The summed E-state index contributed by atoms with van der Waals surface area (Å²) in [5.74, 6) is -1.98. The van der Waals surface area contributed by atoms with Gasteiger partial charge in [0, 0.05) is 22.8 Å². The smallest absolute Gasteiger partial charge is 0.342 e. The van der Waals surface area contributed by atoms with Crippen molar-refractivity contribution in [1.29, 1.82) is 0 Å². The molecule has 7 heteroatoms. The molecule has 0 aliphatic rings. The van der Waals surface area contributed by atoms with Gasteiger partial charge >= 0.3 is 5.97 Å². The zero-order valence-electron chi connectivity index (χ0n) is 19.0. The molecule has 1 heterocycles. The summed E-state index contributed by atoms with van der Waals surface area (Å²) in [6.07, 6.45) is 1.75. The first-order valence-electron chi connectivity index (χ1n) is 10.5. The first-order valence-corrected chi connectivity index (χ1v) is 10.5. The number of hydrogen-bond donors (Lipinski definition) is 3. The van der Waals surface area contributed by atoms with E-state index in [1.807, 2.05) is 43.3 Å². The van der Waals surface area contributed by atoms with E-state index in [4.69, 9.17) is 4.74 Å². The summed E-state index contributed by atoms with van der Waals surface area (Å²) >= 11 is 0. The van der Waals surface area contributed by atoms with E-state index >= 15 is 0 Å². The number of anilines is 1. The molecule has 0 saturated heterocycles. The topological polar surface area (TPSA) is 100 Å². The normalized spacial score (nSPS) is 13.3. The number of H-pyrrole nitrogens is 1. The molecule has 0 radical (unpaired) electrons. The Morgan fingerprint density at radius 3 is 2.28 bits per heavy atom. The highest BCUT2D eigenvalue weighted by Crippen LogP contribution is 2.21. The zero-order chi connectivity index (χ0) is 23.5. The van der Waals surface area contributed by atoms with Crippen LogP contribution < -0.4 is 10.6 Å². The number of aromatic amines is 1. The number of fused-ring (bicyclic) bond motifs is 1. The summed E-state index contributed by atoms with van der Waals surface area (Å²) in [5.41, 5.74) is 0.475. The molecule has 0 saturated carbocycles. The number of nitrogens with one attached hydrogen (secondary N) is 3.